The number of amides is 1. The Morgan fingerprint density at radius 2 is 1.79 bits per heavy atom. The number of aryl methyl sites for hydroxylation is 2. The monoisotopic (exact) mass is 388 g/mol. The van der Waals surface area contributed by atoms with E-state index in [1.54, 1.807) is 11.0 Å². The van der Waals surface area contributed by atoms with Gasteiger partial charge in [-0.25, -0.2) is 0 Å². The lowest BCUT2D eigenvalue weighted by molar-refractivity contribution is 0.0636. The second-order valence-electron chi connectivity index (χ2n) is 7.80. The van der Waals surface area contributed by atoms with E-state index in [4.69, 9.17) is 0 Å². The molecule has 2 aromatic carbocycles. The molecule has 3 aromatic rings. The van der Waals surface area contributed by atoms with Crippen molar-refractivity contribution in [2.75, 3.05) is 13.1 Å². The zero-order chi connectivity index (χ0) is 20.5. The maximum Gasteiger partial charge on any atom is 0.261 e. The number of hydrogen-bond donors (Lipinski definition) is 1. The van der Waals surface area contributed by atoms with E-state index < -0.39 is 0 Å². The average molecular weight is 388 g/mol. The first kappa shape index (κ1) is 19.1. The lowest BCUT2D eigenvalue weighted by atomic mass is 9.87. The Kier molecular flexibility index (Phi) is 5.05. The fraction of sp³-hybridized carbons (Fsp3) is 0.292. The summed E-state index contributed by atoms with van der Waals surface area (Å²) in [4.78, 5) is 42.9. The van der Waals surface area contributed by atoms with Gasteiger partial charge in [0.15, 0.2) is 5.78 Å². The van der Waals surface area contributed by atoms with Crippen LogP contribution in [-0.4, -0.2) is 34.7 Å². The Labute approximate surface area is 169 Å². The van der Waals surface area contributed by atoms with Crippen LogP contribution >= 0.6 is 0 Å². The first-order valence-electron chi connectivity index (χ1n) is 9.97. The Balaban J connectivity index is 1.60. The number of carbonyl (C=O) groups is 2. The van der Waals surface area contributed by atoms with Crippen LogP contribution in [0.15, 0.2) is 53.3 Å². The second-order valence-corrected chi connectivity index (χ2v) is 7.80. The molecule has 0 radical (unpaired) electrons. The minimum absolute atomic E-state index is 0.0632. The Morgan fingerprint density at radius 1 is 1.03 bits per heavy atom. The number of ketones is 1. The molecule has 1 amide bonds. The average Bonchev–Trinajstić information content (AvgIpc) is 2.75. The molecular weight excluding hydrogens is 364 g/mol. The normalized spacial score (nSPS) is 16.8. The van der Waals surface area contributed by atoms with Crippen LogP contribution in [0.1, 0.15) is 44.8 Å². The predicted octanol–water partition coefficient (Wildman–Crippen LogP) is 3.88. The third kappa shape index (κ3) is 3.60. The van der Waals surface area contributed by atoms with Gasteiger partial charge in [0.25, 0.3) is 11.5 Å². The standard InChI is InChI=1S/C24H24N2O3/c1-15-13-21(23(28)25-16(15)2)24(29)26-12-6-9-18(14-26)22(27)20-11-5-8-17-7-3-4-10-19(17)20/h3-5,7-8,10-11,13,18H,6,9,12,14H2,1-2H3,(H,25,28)/t18-/m1/s1. The van der Waals surface area contributed by atoms with Crippen molar-refractivity contribution in [3.63, 3.8) is 0 Å². The van der Waals surface area contributed by atoms with Crippen LogP contribution in [0.5, 0.6) is 0 Å². The number of fused-ring (bicyclic) bond motifs is 1. The van der Waals surface area contributed by atoms with Crippen LogP contribution in [0.25, 0.3) is 10.8 Å². The molecule has 4 rings (SSSR count). The lowest BCUT2D eigenvalue weighted by Crippen LogP contribution is -2.44. The van der Waals surface area contributed by atoms with E-state index in [1.807, 2.05) is 56.3 Å². The summed E-state index contributed by atoms with van der Waals surface area (Å²) < 4.78 is 0. The smallest absolute Gasteiger partial charge is 0.261 e. The number of aromatic amines is 1. The fourth-order valence-corrected chi connectivity index (χ4v) is 4.09. The molecule has 1 atom stereocenters. The van der Waals surface area contributed by atoms with Crippen LogP contribution in [0.2, 0.25) is 0 Å². The number of pyridine rings is 1. The fourth-order valence-electron chi connectivity index (χ4n) is 4.09. The summed E-state index contributed by atoms with van der Waals surface area (Å²) in [6.45, 7) is 4.58. The molecule has 1 N–H and O–H groups in total. The summed E-state index contributed by atoms with van der Waals surface area (Å²) in [5, 5.41) is 1.97. The number of carbonyl (C=O) groups excluding carboxylic acids is 2. The van der Waals surface area contributed by atoms with Crippen LogP contribution in [0, 0.1) is 19.8 Å². The van der Waals surface area contributed by atoms with Crippen LogP contribution in [0.3, 0.4) is 0 Å². The van der Waals surface area contributed by atoms with Gasteiger partial charge in [-0.2, -0.15) is 0 Å². The zero-order valence-electron chi connectivity index (χ0n) is 16.7. The van der Waals surface area contributed by atoms with Crippen molar-refractivity contribution in [2.45, 2.75) is 26.7 Å². The highest BCUT2D eigenvalue weighted by atomic mass is 16.2. The molecule has 1 fully saturated rings. The third-order valence-corrected chi connectivity index (χ3v) is 5.86. The first-order chi connectivity index (χ1) is 14.0. The highest BCUT2D eigenvalue weighted by Gasteiger charge is 2.31. The molecule has 29 heavy (non-hydrogen) atoms. The number of nitrogens with one attached hydrogen (secondary N) is 1. The van der Waals surface area contributed by atoms with Crippen LogP contribution in [-0.2, 0) is 0 Å². The molecule has 5 nitrogen and oxygen atoms in total. The highest BCUT2D eigenvalue weighted by molar-refractivity contribution is 6.09. The van der Waals surface area contributed by atoms with Gasteiger partial charge >= 0.3 is 0 Å². The van der Waals surface area contributed by atoms with Gasteiger partial charge in [0, 0.05) is 30.3 Å². The van der Waals surface area contributed by atoms with Gasteiger partial charge < -0.3 is 9.88 Å². The third-order valence-electron chi connectivity index (χ3n) is 5.86. The van der Waals surface area contributed by atoms with Crippen molar-refractivity contribution in [1.29, 1.82) is 0 Å². The molecule has 2 heterocycles. The van der Waals surface area contributed by atoms with E-state index in [9.17, 15) is 14.4 Å². The van der Waals surface area contributed by atoms with Gasteiger partial charge in [0.2, 0.25) is 0 Å². The highest BCUT2D eigenvalue weighted by Crippen LogP contribution is 2.26. The number of rotatable bonds is 3. The van der Waals surface area contributed by atoms with E-state index in [-0.39, 0.29) is 28.7 Å². The van der Waals surface area contributed by atoms with Crippen molar-refractivity contribution in [3.8, 4) is 0 Å². The summed E-state index contributed by atoms with van der Waals surface area (Å²) in [6.07, 6.45) is 1.49. The maximum atomic E-state index is 13.3. The summed E-state index contributed by atoms with van der Waals surface area (Å²) in [5.41, 5.74) is 2.10. The van der Waals surface area contributed by atoms with Crippen LogP contribution < -0.4 is 5.56 Å². The molecule has 0 unspecified atom stereocenters. The summed E-state index contributed by atoms with van der Waals surface area (Å²) in [6, 6.07) is 15.2. The van der Waals surface area contributed by atoms with Crippen molar-refractivity contribution in [1.82, 2.24) is 9.88 Å². The molecule has 0 aliphatic carbocycles. The molecule has 5 heteroatoms. The van der Waals surface area contributed by atoms with Gasteiger partial charge in [-0.1, -0.05) is 42.5 Å². The Morgan fingerprint density at radius 3 is 2.62 bits per heavy atom. The number of H-pyrrole nitrogens is 1. The van der Waals surface area contributed by atoms with Crippen molar-refractivity contribution in [2.24, 2.45) is 5.92 Å². The molecular formula is C24H24N2O3. The molecule has 1 saturated heterocycles. The summed E-state index contributed by atoms with van der Waals surface area (Å²) in [7, 11) is 0. The molecule has 0 spiro atoms. The van der Waals surface area contributed by atoms with E-state index in [1.165, 1.54) is 0 Å². The number of piperidine rings is 1. The number of nitrogens with zero attached hydrogens (tertiary/aromatic N) is 1. The molecule has 148 valence electrons. The first-order valence-corrected chi connectivity index (χ1v) is 9.97. The summed E-state index contributed by atoms with van der Waals surface area (Å²) in [5.74, 6) is -0.498. The second kappa shape index (κ2) is 7.66. The Bertz CT molecular complexity index is 1160. The number of aromatic nitrogens is 1. The van der Waals surface area contributed by atoms with Crippen molar-refractivity contribution in [3.05, 3.63) is 81.3 Å². The van der Waals surface area contributed by atoms with Gasteiger partial charge in [-0.15, -0.1) is 0 Å². The largest absolute Gasteiger partial charge is 0.338 e. The summed E-state index contributed by atoms with van der Waals surface area (Å²) >= 11 is 0. The van der Waals surface area contributed by atoms with Gasteiger partial charge in [-0.3, -0.25) is 14.4 Å². The van der Waals surface area contributed by atoms with E-state index >= 15 is 0 Å². The van der Waals surface area contributed by atoms with Gasteiger partial charge in [-0.05, 0) is 49.1 Å². The van der Waals surface area contributed by atoms with Crippen LogP contribution in [0.4, 0.5) is 0 Å². The van der Waals surface area contributed by atoms with E-state index in [0.29, 0.717) is 18.7 Å². The minimum Gasteiger partial charge on any atom is -0.338 e. The molecule has 1 aliphatic rings. The van der Waals surface area contributed by atoms with E-state index in [0.717, 1.165) is 34.9 Å². The quantitative estimate of drug-likeness (QED) is 0.692. The number of likely N-dealkylation sites (tertiary alicyclic amines) is 1. The van der Waals surface area contributed by atoms with Gasteiger partial charge in [0.1, 0.15) is 5.56 Å². The number of hydrogen-bond acceptors (Lipinski definition) is 3. The van der Waals surface area contributed by atoms with Crippen molar-refractivity contribution >= 4 is 22.5 Å². The maximum absolute atomic E-state index is 13.3. The SMILES string of the molecule is Cc1cc(C(=O)N2CCC[C@@H](C(=O)c3cccc4ccccc34)C2)c(=O)[nH]c1C. The van der Waals surface area contributed by atoms with Crippen molar-refractivity contribution < 1.29 is 9.59 Å². The predicted molar refractivity (Wildman–Crippen MR) is 113 cm³/mol. The lowest BCUT2D eigenvalue weighted by Gasteiger charge is -2.32. The Hall–Kier alpha value is -3.21. The molecule has 1 aliphatic heterocycles. The number of benzene rings is 2. The van der Waals surface area contributed by atoms with E-state index in [2.05, 4.69) is 4.98 Å². The number of Topliss-reactive ketones (excluding diaryl/α,β-unsaturated/α-hetero) is 1. The van der Waals surface area contributed by atoms with Gasteiger partial charge in [0.05, 0.1) is 0 Å². The topological polar surface area (TPSA) is 70.2 Å². The zero-order valence-corrected chi connectivity index (χ0v) is 16.7. The molecule has 1 aromatic heterocycles. The molecule has 0 bridgehead atoms. The molecule has 0 saturated carbocycles. The minimum atomic E-state index is -0.374.